The van der Waals surface area contributed by atoms with E-state index in [2.05, 4.69) is 0 Å². The second kappa shape index (κ2) is 4.93. The molecule has 0 aromatic heterocycles. The van der Waals surface area contributed by atoms with Crippen LogP contribution < -0.4 is 5.73 Å². The van der Waals surface area contributed by atoms with Crippen molar-refractivity contribution >= 4 is 9.84 Å². The van der Waals surface area contributed by atoms with Crippen molar-refractivity contribution in [2.24, 2.45) is 5.73 Å². The third kappa shape index (κ3) is 3.05. The predicted octanol–water partition coefficient (Wildman–Crippen LogP) is 1.66. The first kappa shape index (κ1) is 15.0. The van der Waals surface area contributed by atoms with Gasteiger partial charge in [-0.3, -0.25) is 0 Å². The monoisotopic (exact) mass is 277 g/mol. The molecule has 3 nitrogen and oxygen atoms in total. The number of sulfone groups is 1. The largest absolute Gasteiger partial charge is 0.326 e. The Balaban J connectivity index is 2.94. The zero-order valence-electron chi connectivity index (χ0n) is 10.6. The number of rotatable bonds is 4. The summed E-state index contributed by atoms with van der Waals surface area (Å²) in [6, 6.07) is 2.74. The molecule has 18 heavy (non-hydrogen) atoms. The van der Waals surface area contributed by atoms with E-state index < -0.39 is 32.3 Å². The quantitative estimate of drug-likeness (QED) is 0.910. The molecule has 102 valence electrons. The lowest BCUT2D eigenvalue weighted by Gasteiger charge is -2.29. The van der Waals surface area contributed by atoms with E-state index in [1.165, 1.54) is 19.9 Å². The van der Waals surface area contributed by atoms with Gasteiger partial charge in [0, 0.05) is 12.3 Å². The second-order valence-corrected chi connectivity index (χ2v) is 7.53. The molecule has 6 heteroatoms. The summed E-state index contributed by atoms with van der Waals surface area (Å²) in [7, 11) is -3.33. The zero-order valence-corrected chi connectivity index (χ0v) is 11.4. The highest BCUT2D eigenvalue weighted by molar-refractivity contribution is 7.92. The van der Waals surface area contributed by atoms with Gasteiger partial charge in [0.15, 0.2) is 21.5 Å². The van der Waals surface area contributed by atoms with Crippen molar-refractivity contribution in [3.63, 3.8) is 0 Å². The molecule has 0 saturated heterocycles. The molecule has 2 N–H and O–H groups in total. The number of hydrogen-bond donors (Lipinski definition) is 1. The molecule has 0 bridgehead atoms. The Hall–Kier alpha value is -1.01. The van der Waals surface area contributed by atoms with Crippen LogP contribution in [-0.2, 0) is 16.3 Å². The Kier molecular flexibility index (Phi) is 4.12. The number of benzene rings is 1. The standard InChI is InChI=1S/C12H17F2NO2S/c1-12(2,18(3,16)17)11(15)7-8-4-5-9(13)10(14)6-8/h4-6,11H,7,15H2,1-3H3. The summed E-state index contributed by atoms with van der Waals surface area (Å²) >= 11 is 0. The van der Waals surface area contributed by atoms with E-state index in [1.807, 2.05) is 0 Å². The zero-order chi connectivity index (χ0) is 14.1. The maximum atomic E-state index is 13.0. The first-order valence-electron chi connectivity index (χ1n) is 5.45. The fourth-order valence-electron chi connectivity index (χ4n) is 1.44. The summed E-state index contributed by atoms with van der Waals surface area (Å²) in [6.07, 6.45) is 1.27. The van der Waals surface area contributed by atoms with Crippen molar-refractivity contribution < 1.29 is 17.2 Å². The molecule has 0 amide bonds. The van der Waals surface area contributed by atoms with Crippen molar-refractivity contribution in [2.45, 2.75) is 31.1 Å². The van der Waals surface area contributed by atoms with E-state index in [-0.39, 0.29) is 6.42 Å². The molecular formula is C12H17F2NO2S. The van der Waals surface area contributed by atoms with Crippen LogP contribution in [0.3, 0.4) is 0 Å². The molecule has 0 radical (unpaired) electrons. The van der Waals surface area contributed by atoms with Gasteiger partial charge in [0.1, 0.15) is 0 Å². The Labute approximate surface area is 106 Å². The highest BCUT2D eigenvalue weighted by atomic mass is 32.2. The van der Waals surface area contributed by atoms with Gasteiger partial charge in [-0.15, -0.1) is 0 Å². The van der Waals surface area contributed by atoms with Crippen LogP contribution in [0.25, 0.3) is 0 Å². The summed E-state index contributed by atoms with van der Waals surface area (Å²) < 4.78 is 47.8. The van der Waals surface area contributed by atoms with Crippen LogP contribution >= 0.6 is 0 Å². The van der Waals surface area contributed by atoms with E-state index in [4.69, 9.17) is 5.73 Å². The lowest BCUT2D eigenvalue weighted by Crippen LogP contribution is -2.49. The Morgan fingerprint density at radius 1 is 1.28 bits per heavy atom. The van der Waals surface area contributed by atoms with Crippen molar-refractivity contribution in [1.29, 1.82) is 0 Å². The van der Waals surface area contributed by atoms with Gasteiger partial charge < -0.3 is 5.73 Å². The van der Waals surface area contributed by atoms with Crippen LogP contribution in [-0.4, -0.2) is 25.5 Å². The average Bonchev–Trinajstić information content (AvgIpc) is 2.21. The first-order valence-corrected chi connectivity index (χ1v) is 7.34. The molecule has 1 rings (SSSR count). The van der Waals surface area contributed by atoms with E-state index in [0.29, 0.717) is 5.56 Å². The third-order valence-electron chi connectivity index (χ3n) is 3.29. The fourth-order valence-corrected chi connectivity index (χ4v) is 2.07. The van der Waals surface area contributed by atoms with Crippen molar-refractivity contribution in [3.05, 3.63) is 35.4 Å². The molecule has 0 fully saturated rings. The van der Waals surface area contributed by atoms with Gasteiger partial charge in [-0.05, 0) is 38.0 Å². The van der Waals surface area contributed by atoms with Crippen LogP contribution in [0.5, 0.6) is 0 Å². The van der Waals surface area contributed by atoms with Gasteiger partial charge in [-0.1, -0.05) is 6.07 Å². The number of hydrogen-bond acceptors (Lipinski definition) is 3. The van der Waals surface area contributed by atoms with Gasteiger partial charge in [-0.2, -0.15) is 0 Å². The summed E-state index contributed by atoms with van der Waals surface area (Å²) in [4.78, 5) is 0. The van der Waals surface area contributed by atoms with Gasteiger partial charge in [-0.25, -0.2) is 17.2 Å². The summed E-state index contributed by atoms with van der Waals surface area (Å²) in [5.41, 5.74) is 6.33. The number of halogens is 2. The molecule has 1 aromatic carbocycles. The molecular weight excluding hydrogens is 260 g/mol. The van der Waals surface area contributed by atoms with Crippen LogP contribution in [0.15, 0.2) is 18.2 Å². The highest BCUT2D eigenvalue weighted by Crippen LogP contribution is 2.22. The normalized spacial score (nSPS) is 14.6. The molecule has 0 aliphatic rings. The van der Waals surface area contributed by atoms with Crippen molar-refractivity contribution in [1.82, 2.24) is 0 Å². The summed E-state index contributed by atoms with van der Waals surface area (Å²) in [5, 5.41) is 0. The Bertz CT molecular complexity index is 541. The Morgan fingerprint density at radius 2 is 1.83 bits per heavy atom. The van der Waals surface area contributed by atoms with Crippen LogP contribution in [0.1, 0.15) is 19.4 Å². The van der Waals surface area contributed by atoms with E-state index in [1.54, 1.807) is 0 Å². The topological polar surface area (TPSA) is 60.2 Å². The molecule has 0 saturated carbocycles. The average molecular weight is 277 g/mol. The maximum Gasteiger partial charge on any atom is 0.159 e. The first-order chi connectivity index (χ1) is 8.05. The number of nitrogens with two attached hydrogens (primary N) is 1. The molecule has 0 aliphatic carbocycles. The molecule has 1 aromatic rings. The molecule has 0 aliphatic heterocycles. The summed E-state index contributed by atoms with van der Waals surface area (Å²) in [6.45, 7) is 3.04. The maximum absolute atomic E-state index is 13.0. The van der Waals surface area contributed by atoms with Crippen LogP contribution in [0.2, 0.25) is 0 Å². The lowest BCUT2D eigenvalue weighted by molar-refractivity contribution is 0.477. The minimum absolute atomic E-state index is 0.164. The molecule has 1 unspecified atom stereocenters. The molecule has 1 atom stereocenters. The van der Waals surface area contributed by atoms with Crippen LogP contribution in [0, 0.1) is 11.6 Å². The Morgan fingerprint density at radius 3 is 2.28 bits per heavy atom. The van der Waals surface area contributed by atoms with Gasteiger partial charge in [0.2, 0.25) is 0 Å². The van der Waals surface area contributed by atoms with Crippen molar-refractivity contribution in [2.75, 3.05) is 6.26 Å². The SMILES string of the molecule is CC(C)(C(N)Cc1ccc(F)c(F)c1)S(C)(=O)=O. The summed E-state index contributed by atoms with van der Waals surface area (Å²) in [5.74, 6) is -1.90. The fraction of sp³-hybridized carbons (Fsp3) is 0.500. The smallest absolute Gasteiger partial charge is 0.159 e. The van der Waals surface area contributed by atoms with Gasteiger partial charge in [0.05, 0.1) is 4.75 Å². The molecule has 0 heterocycles. The predicted molar refractivity (Wildman–Crippen MR) is 67.0 cm³/mol. The van der Waals surface area contributed by atoms with Crippen molar-refractivity contribution in [3.8, 4) is 0 Å². The van der Waals surface area contributed by atoms with Gasteiger partial charge in [0.25, 0.3) is 0 Å². The third-order valence-corrected chi connectivity index (χ3v) is 5.50. The second-order valence-electron chi connectivity index (χ2n) is 4.93. The minimum atomic E-state index is -3.33. The van der Waals surface area contributed by atoms with Crippen LogP contribution in [0.4, 0.5) is 8.78 Å². The van der Waals surface area contributed by atoms with E-state index in [0.717, 1.165) is 18.4 Å². The van der Waals surface area contributed by atoms with E-state index in [9.17, 15) is 17.2 Å². The van der Waals surface area contributed by atoms with Gasteiger partial charge >= 0.3 is 0 Å². The highest BCUT2D eigenvalue weighted by Gasteiger charge is 2.36. The lowest BCUT2D eigenvalue weighted by atomic mass is 9.96. The van der Waals surface area contributed by atoms with E-state index >= 15 is 0 Å². The molecule has 0 spiro atoms. The minimum Gasteiger partial charge on any atom is -0.326 e.